The first-order valence-corrected chi connectivity index (χ1v) is 17.9. The van der Waals surface area contributed by atoms with Crippen molar-refractivity contribution in [2.24, 2.45) is 16.6 Å². The van der Waals surface area contributed by atoms with E-state index in [1.165, 1.54) is 9.80 Å². The number of fused-ring (bicyclic) bond motifs is 2. The summed E-state index contributed by atoms with van der Waals surface area (Å²) >= 11 is 0. The van der Waals surface area contributed by atoms with Gasteiger partial charge in [0.2, 0.25) is 11.8 Å². The normalized spacial score (nSPS) is 28.1. The molecule has 4 fully saturated rings. The van der Waals surface area contributed by atoms with E-state index in [-0.39, 0.29) is 51.2 Å². The molecule has 0 unspecified atom stereocenters. The van der Waals surface area contributed by atoms with Gasteiger partial charge in [0, 0.05) is 23.9 Å². The highest BCUT2D eigenvalue weighted by Gasteiger charge is 2.66. The molecule has 4 aliphatic heterocycles. The van der Waals surface area contributed by atoms with Crippen molar-refractivity contribution in [2.45, 2.75) is 101 Å². The molecule has 6 atom stereocenters. The van der Waals surface area contributed by atoms with Gasteiger partial charge in [0.25, 0.3) is 0 Å². The molecule has 4 aliphatic rings. The summed E-state index contributed by atoms with van der Waals surface area (Å²) in [5, 5.41) is 83.1. The van der Waals surface area contributed by atoms with Crippen molar-refractivity contribution < 1.29 is 69.2 Å². The van der Waals surface area contributed by atoms with Crippen molar-refractivity contribution >= 4 is 56.5 Å². The second-order valence-electron chi connectivity index (χ2n) is 15.6. The Labute approximate surface area is 320 Å². The molecule has 0 saturated carbocycles. The second kappa shape index (κ2) is 18.9. The molecule has 4 saturated heterocycles. The van der Waals surface area contributed by atoms with Gasteiger partial charge in [-0.05, 0) is 72.2 Å². The van der Waals surface area contributed by atoms with Crippen molar-refractivity contribution in [3.8, 4) is 0 Å². The average Bonchev–Trinajstić information content (AvgIpc) is 3.77. The summed E-state index contributed by atoms with van der Waals surface area (Å²) in [5.74, 6) is -3.17. The molecule has 0 aromatic rings. The number of carbonyl (C=O) groups is 5. The molecule has 20 nitrogen and oxygen atoms in total. The van der Waals surface area contributed by atoms with Crippen LogP contribution in [0.5, 0.6) is 0 Å². The second-order valence-corrected chi connectivity index (χ2v) is 15.6. The van der Waals surface area contributed by atoms with Crippen LogP contribution in [0.25, 0.3) is 0 Å². The third-order valence-corrected chi connectivity index (χ3v) is 11.0. The van der Waals surface area contributed by atoms with E-state index in [0.717, 1.165) is 0 Å². The molecule has 4 rings (SSSR count). The number of hydrogen-bond acceptors (Lipinski definition) is 15. The number of nitrogens with zero attached hydrogens (tertiary/aromatic N) is 2. The number of nitrogens with one attached hydrogen (secondary N) is 3. The predicted molar refractivity (Wildman–Crippen MR) is 195 cm³/mol. The largest absolute Gasteiger partial charge is 0.480 e. The number of halogens is 1. The molecule has 3 amide bonds. The van der Waals surface area contributed by atoms with E-state index in [9.17, 15) is 39.3 Å². The Balaban J connectivity index is 0.000000379. The number of carbonyl (C=O) groups excluding carboxylic acids is 3. The summed E-state index contributed by atoms with van der Waals surface area (Å²) in [6, 6.07) is -2.32. The zero-order chi connectivity index (χ0) is 40.0. The highest BCUT2D eigenvalue weighted by atomic mass is 35.5. The average molecular weight is 795 g/mol. The van der Waals surface area contributed by atoms with Crippen molar-refractivity contribution in [1.82, 2.24) is 25.8 Å². The third kappa shape index (κ3) is 10.1. The number of hydrogen-bond donors (Lipinski definition) is 12. The summed E-state index contributed by atoms with van der Waals surface area (Å²) < 4.78 is 5.13. The zero-order valence-corrected chi connectivity index (χ0v) is 31.8. The third-order valence-electron chi connectivity index (χ3n) is 11.0. The number of rotatable bonds is 15. The number of likely N-dealkylation sites (tertiary alicyclic amines) is 2. The lowest BCUT2D eigenvalue weighted by molar-refractivity contribution is -0.148. The number of alkyl carbamates (subject to hydrolysis) is 1. The quantitative estimate of drug-likeness (QED) is 0.0713. The molecule has 4 heterocycles. The van der Waals surface area contributed by atoms with Gasteiger partial charge in [0.15, 0.2) is 0 Å². The lowest BCUT2D eigenvalue weighted by Gasteiger charge is -2.35. The maximum atomic E-state index is 13.0. The number of carboxylic acids is 2. The Morgan fingerprint density at radius 1 is 0.778 bits per heavy atom. The fourth-order valence-corrected chi connectivity index (χ4v) is 8.42. The summed E-state index contributed by atoms with van der Waals surface area (Å²) in [7, 11) is -2.91. The minimum absolute atomic E-state index is 0. The van der Waals surface area contributed by atoms with E-state index in [1.807, 2.05) is 0 Å². The van der Waals surface area contributed by atoms with Gasteiger partial charge in [-0.3, -0.25) is 29.8 Å². The Morgan fingerprint density at radius 2 is 1.20 bits per heavy atom. The highest BCUT2D eigenvalue weighted by molar-refractivity contribution is 6.41. The Morgan fingerprint density at radius 3 is 1.56 bits per heavy atom. The van der Waals surface area contributed by atoms with Crippen molar-refractivity contribution in [3.63, 3.8) is 0 Å². The van der Waals surface area contributed by atoms with E-state index in [2.05, 4.69) is 16.0 Å². The number of nitrogens with two attached hydrogens (primary N) is 1. The van der Waals surface area contributed by atoms with Crippen LogP contribution in [0.3, 0.4) is 0 Å². The van der Waals surface area contributed by atoms with Gasteiger partial charge in [-0.1, -0.05) is 12.8 Å². The van der Waals surface area contributed by atoms with Gasteiger partial charge < -0.3 is 66.1 Å². The fraction of sp³-hybridized carbons (Fsp3) is 0.839. The SMILES string of the molecule is CC(C)(C)OC(=O)N[C@@H](CO)C(=O)N1C[C@@]2(CCCB(O)O)CCN[C@@]2(C(=O)O)C1.Cl.N[C@@H](CO)C(=O)N1C[C@@]2(CCCB(O)O)CCN[C@@]2(C(=O)O)C1. The van der Waals surface area contributed by atoms with Gasteiger partial charge in [-0.2, -0.15) is 0 Å². The van der Waals surface area contributed by atoms with Crippen LogP contribution in [0, 0.1) is 10.8 Å². The van der Waals surface area contributed by atoms with Gasteiger partial charge in [-0.15, -0.1) is 12.4 Å². The zero-order valence-electron chi connectivity index (χ0n) is 31.0. The van der Waals surface area contributed by atoms with Crippen LogP contribution in [0.4, 0.5) is 4.79 Å². The molecule has 0 spiro atoms. The molecule has 0 radical (unpaired) electrons. The summed E-state index contributed by atoms with van der Waals surface area (Å²) in [6.07, 6.45) is 2.17. The van der Waals surface area contributed by atoms with Crippen molar-refractivity contribution in [2.75, 3.05) is 52.5 Å². The van der Waals surface area contributed by atoms with Gasteiger partial charge in [0.1, 0.15) is 28.8 Å². The molecule has 0 bridgehead atoms. The molecule has 54 heavy (non-hydrogen) atoms. The summed E-state index contributed by atoms with van der Waals surface area (Å²) in [4.78, 5) is 64.1. The van der Waals surface area contributed by atoms with E-state index >= 15 is 0 Å². The number of carboxylic acid groups (broad SMARTS) is 2. The van der Waals surface area contributed by atoms with Crippen LogP contribution in [0.2, 0.25) is 12.6 Å². The molecular weight excluding hydrogens is 737 g/mol. The number of aliphatic hydroxyl groups excluding tert-OH is 2. The fourth-order valence-electron chi connectivity index (χ4n) is 8.42. The summed E-state index contributed by atoms with van der Waals surface area (Å²) in [6.45, 7) is 5.08. The standard InChI is InChI=1S/C18H32BN3O8.C13H24BN3O6.ClH/c1-16(2,3)30-15(27)21-12(9-23)13(24)22-10-17(5-4-7-19(28)29)6-8-20-18(17,11-22)14(25)26;15-9(6-18)10(19)17-7-12(2-1-4-14(22)23)3-5-16-13(12,8-17)11(20)21;/h12,20,23,28-29H,4-11H2,1-3H3,(H,21,27)(H,25,26);9,16,18,22-23H,1-8,15H2,(H,20,21);1H/t12-,17+,18+;9-,12+,13+;/m00./s1. The molecule has 0 aromatic carbocycles. The lowest BCUT2D eigenvalue weighted by atomic mass is 9.68. The van der Waals surface area contributed by atoms with Crippen LogP contribution in [0.15, 0.2) is 0 Å². The van der Waals surface area contributed by atoms with E-state index in [1.54, 1.807) is 20.8 Å². The number of ether oxygens (including phenoxy) is 1. The molecule has 0 aromatic heterocycles. The number of aliphatic carboxylic acids is 2. The lowest BCUT2D eigenvalue weighted by Crippen LogP contribution is -2.58. The molecule has 13 N–H and O–H groups in total. The first kappa shape index (κ1) is 47.4. The Hall–Kier alpha value is -2.79. The van der Waals surface area contributed by atoms with Gasteiger partial charge in [-0.25, -0.2) is 4.79 Å². The Kier molecular flexibility index (Phi) is 16.6. The first-order chi connectivity index (χ1) is 24.6. The predicted octanol–water partition coefficient (Wildman–Crippen LogP) is -3.60. The van der Waals surface area contributed by atoms with Crippen LogP contribution in [0.1, 0.15) is 59.3 Å². The minimum atomic E-state index is -1.48. The first-order valence-electron chi connectivity index (χ1n) is 17.9. The van der Waals surface area contributed by atoms with Gasteiger partial charge in [0.05, 0.1) is 26.3 Å². The minimum Gasteiger partial charge on any atom is -0.480 e. The van der Waals surface area contributed by atoms with Crippen LogP contribution < -0.4 is 21.7 Å². The molecular formula is C31H57B2ClN6O14. The molecule has 0 aliphatic carbocycles. The smallest absolute Gasteiger partial charge is 0.451 e. The van der Waals surface area contributed by atoms with Crippen LogP contribution >= 0.6 is 12.4 Å². The molecule has 308 valence electrons. The maximum Gasteiger partial charge on any atom is 0.451 e. The maximum absolute atomic E-state index is 13.0. The van der Waals surface area contributed by atoms with Crippen molar-refractivity contribution in [1.29, 1.82) is 0 Å². The number of aliphatic hydroxyl groups is 2. The van der Waals surface area contributed by atoms with Crippen LogP contribution in [-0.2, 0) is 23.9 Å². The summed E-state index contributed by atoms with van der Waals surface area (Å²) in [5.41, 5.74) is 0.724. The number of amides is 3. The van der Waals surface area contributed by atoms with E-state index < -0.39 is 96.9 Å². The highest BCUT2D eigenvalue weighted by Crippen LogP contribution is 2.51. The van der Waals surface area contributed by atoms with Gasteiger partial charge >= 0.3 is 32.3 Å². The van der Waals surface area contributed by atoms with E-state index in [0.29, 0.717) is 51.6 Å². The topological polar surface area (TPSA) is 325 Å². The molecule has 23 heteroatoms. The Bertz CT molecular complexity index is 1350. The van der Waals surface area contributed by atoms with E-state index in [4.69, 9.17) is 35.7 Å². The van der Waals surface area contributed by atoms with Crippen LogP contribution in [-0.4, -0.2) is 176 Å². The monoisotopic (exact) mass is 794 g/mol. The van der Waals surface area contributed by atoms with Crippen molar-refractivity contribution in [3.05, 3.63) is 0 Å².